The van der Waals surface area contributed by atoms with Crippen molar-refractivity contribution < 1.29 is 28.3 Å². The van der Waals surface area contributed by atoms with Crippen LogP contribution in [-0.4, -0.2) is 81.8 Å². The zero-order chi connectivity index (χ0) is 42.0. The maximum Gasteiger partial charge on any atom is 0.337 e. The number of fused-ring (bicyclic) bond motifs is 2. The number of rotatable bonds is 8. The van der Waals surface area contributed by atoms with E-state index in [1.54, 1.807) is 27.9 Å². The second kappa shape index (κ2) is 15.3. The Labute approximate surface area is 346 Å². The molecule has 0 fully saturated rings. The molecule has 8 heterocycles. The molecule has 0 spiro atoms. The van der Waals surface area contributed by atoms with E-state index in [4.69, 9.17) is 9.97 Å². The van der Waals surface area contributed by atoms with Crippen molar-refractivity contribution in [1.29, 1.82) is 0 Å². The lowest BCUT2D eigenvalue weighted by Crippen LogP contribution is -2.65. The lowest BCUT2D eigenvalue weighted by Gasteiger charge is -2.32. The number of benzene rings is 2. The summed E-state index contributed by atoms with van der Waals surface area (Å²) in [5.41, 5.74) is 5.86. The average Bonchev–Trinajstić information content (AvgIpc) is 4.07. The van der Waals surface area contributed by atoms with Crippen LogP contribution in [0.1, 0.15) is 74.6 Å². The molecular weight excluding hydrogens is 761 g/mol. The Balaban J connectivity index is 0.000000154. The first-order valence-electron chi connectivity index (χ1n) is 20.6. The Morgan fingerprint density at radius 2 is 1.05 bits per heavy atom. The Hall–Kier alpha value is -6.52. The molecule has 308 valence electrons. The van der Waals surface area contributed by atoms with Gasteiger partial charge in [0.05, 0.1) is 46.5 Å². The number of hydrogen-bond acceptors (Lipinski definition) is 8. The fourth-order valence-electron chi connectivity index (χ4n) is 8.99. The monoisotopic (exact) mass is 810 g/mol. The lowest BCUT2D eigenvalue weighted by molar-refractivity contribution is -0.711. The number of para-hydroxylation sites is 4. The number of pyridine rings is 2. The molecule has 0 radical (unpaired) electrons. The predicted molar refractivity (Wildman–Crippen MR) is 224 cm³/mol. The summed E-state index contributed by atoms with van der Waals surface area (Å²) in [7, 11) is 3.45. The van der Waals surface area contributed by atoms with Crippen LogP contribution in [-0.2, 0) is 32.0 Å². The molecule has 6 aromatic rings. The Kier molecular flexibility index (Phi) is 9.91. The van der Waals surface area contributed by atoms with Gasteiger partial charge in [0.25, 0.3) is 11.6 Å². The van der Waals surface area contributed by atoms with Gasteiger partial charge in [-0.05, 0) is 90.3 Å². The predicted octanol–water partition coefficient (Wildman–Crippen LogP) is 2.30. The van der Waals surface area contributed by atoms with Gasteiger partial charge in [0, 0.05) is 24.0 Å². The molecule has 8 atom stereocenters. The van der Waals surface area contributed by atoms with Gasteiger partial charge in [-0.1, -0.05) is 24.3 Å². The van der Waals surface area contributed by atoms with Gasteiger partial charge in [0.15, 0.2) is 35.8 Å². The van der Waals surface area contributed by atoms with Crippen molar-refractivity contribution in [2.75, 3.05) is 23.9 Å². The second-order valence-corrected chi connectivity index (χ2v) is 16.1. The van der Waals surface area contributed by atoms with E-state index >= 15 is 0 Å². The van der Waals surface area contributed by atoms with E-state index in [0.29, 0.717) is 12.8 Å². The van der Waals surface area contributed by atoms with Crippen molar-refractivity contribution in [3.8, 4) is 0 Å². The van der Waals surface area contributed by atoms with Gasteiger partial charge in [-0.15, -0.1) is 0 Å². The molecule has 0 saturated heterocycles. The first kappa shape index (κ1) is 39.0. The molecule has 4 aliphatic rings. The van der Waals surface area contributed by atoms with Gasteiger partial charge in [-0.2, -0.15) is 9.80 Å². The zero-order valence-electron chi connectivity index (χ0n) is 34.4. The number of carbonyl (C=O) groups is 4. The number of hydrogen-bond donors (Lipinski definition) is 6. The minimum Gasteiger partial charge on any atom is -0.338 e. The van der Waals surface area contributed by atoms with Gasteiger partial charge in [0.2, 0.25) is 11.8 Å². The van der Waals surface area contributed by atoms with Crippen molar-refractivity contribution >= 4 is 57.3 Å². The second-order valence-electron chi connectivity index (χ2n) is 16.1. The molecule has 10 rings (SSSR count). The highest BCUT2D eigenvalue weighted by molar-refractivity contribution is 6.02. The Bertz CT molecular complexity index is 2430. The first-order chi connectivity index (χ1) is 29.0. The van der Waals surface area contributed by atoms with E-state index < -0.39 is 12.1 Å². The minimum absolute atomic E-state index is 0.102. The SMILES string of the molecule is CN[C@@H](C)C(=O)N[C@@H]1C(=O)N2c3c(ccc[n+]3C1C)C[C@@H]2c1nc2ccccc2[nH]1.CN[C@@H](C)C(=O)N[C@@H]1C(=O)N2c3c(ccc[n+]3C1C)C[C@H]2c1nc2ccccc2[nH]1. The third-order valence-electron chi connectivity index (χ3n) is 12.6. The fraction of sp³-hybridized carbons (Fsp3) is 0.364. The van der Waals surface area contributed by atoms with E-state index in [1.807, 2.05) is 96.7 Å². The molecule has 2 aromatic carbocycles. The van der Waals surface area contributed by atoms with E-state index in [9.17, 15) is 19.2 Å². The molecule has 60 heavy (non-hydrogen) atoms. The molecule has 0 bridgehead atoms. The van der Waals surface area contributed by atoms with Crippen LogP contribution in [0.2, 0.25) is 0 Å². The quantitative estimate of drug-likeness (QED) is 0.126. The van der Waals surface area contributed by atoms with Crippen LogP contribution < -0.4 is 40.2 Å². The summed E-state index contributed by atoms with van der Waals surface area (Å²) in [5, 5.41) is 11.8. The van der Waals surface area contributed by atoms with Crippen LogP contribution >= 0.6 is 0 Å². The van der Waals surface area contributed by atoms with Crippen LogP contribution in [0, 0.1) is 0 Å². The number of imidazole rings is 2. The minimum atomic E-state index is -0.647. The van der Waals surface area contributed by atoms with E-state index in [-0.39, 0.29) is 59.9 Å². The molecule has 16 heteroatoms. The van der Waals surface area contributed by atoms with E-state index in [2.05, 4.69) is 52.5 Å². The number of amides is 4. The summed E-state index contributed by atoms with van der Waals surface area (Å²) in [6, 6.07) is 20.9. The van der Waals surface area contributed by atoms with Crippen LogP contribution in [0.4, 0.5) is 11.6 Å². The van der Waals surface area contributed by atoms with E-state index in [1.165, 1.54) is 0 Å². The van der Waals surface area contributed by atoms with E-state index in [0.717, 1.165) is 56.5 Å². The number of H-pyrrole nitrogens is 2. The summed E-state index contributed by atoms with van der Waals surface area (Å²) >= 11 is 0. The molecule has 2 unspecified atom stereocenters. The Morgan fingerprint density at radius 3 is 1.43 bits per heavy atom. The molecular formula is C44H50N12O4+2. The number of nitrogens with one attached hydrogen (secondary N) is 6. The normalized spacial score (nSPS) is 23.5. The summed E-state index contributed by atoms with van der Waals surface area (Å²) in [6.07, 6.45) is 5.32. The standard InChI is InChI=1S/2C22H24N6O2/c2*1-12(23-3)20(29)26-18-13(2)27-10-6-7-14-11-17(28(21(14)27)22(18)30)19-24-15-8-4-5-9-16(15)25-19/h2*4-10,12-13,17-18,23H,11H2,1-3H3,(H-,24,25,26,29)/p+2/t12-,13?,17+,18-;12-,13?,17-,18-/m00/s1. The number of likely N-dealkylation sites (N-methyl/N-ethyl adjacent to an activating group) is 2. The smallest absolute Gasteiger partial charge is 0.337 e. The first-order valence-corrected chi connectivity index (χ1v) is 20.6. The van der Waals surface area contributed by atoms with Crippen LogP contribution in [0.15, 0.2) is 85.2 Å². The zero-order valence-corrected chi connectivity index (χ0v) is 34.4. The van der Waals surface area contributed by atoms with Crippen molar-refractivity contribution in [3.63, 3.8) is 0 Å². The van der Waals surface area contributed by atoms with Gasteiger partial charge >= 0.3 is 11.8 Å². The summed E-state index contributed by atoms with van der Waals surface area (Å²) in [4.78, 5) is 72.3. The maximum absolute atomic E-state index is 13.6. The highest BCUT2D eigenvalue weighted by atomic mass is 16.2. The fourth-order valence-corrected chi connectivity index (χ4v) is 8.99. The molecule has 6 N–H and O–H groups in total. The van der Waals surface area contributed by atoms with Crippen molar-refractivity contribution in [2.24, 2.45) is 0 Å². The van der Waals surface area contributed by atoms with Gasteiger partial charge in [0.1, 0.15) is 12.1 Å². The number of carbonyl (C=O) groups excluding carboxylic acids is 4. The molecule has 0 saturated carbocycles. The van der Waals surface area contributed by atoms with Crippen molar-refractivity contribution in [1.82, 2.24) is 41.2 Å². The van der Waals surface area contributed by atoms with Crippen LogP contribution in [0.3, 0.4) is 0 Å². The number of anilines is 2. The Morgan fingerprint density at radius 1 is 0.650 bits per heavy atom. The number of aromatic nitrogens is 6. The third-order valence-corrected chi connectivity index (χ3v) is 12.6. The summed E-state index contributed by atoms with van der Waals surface area (Å²) in [6.45, 7) is 7.50. The molecule has 16 nitrogen and oxygen atoms in total. The molecule has 4 aliphatic heterocycles. The highest BCUT2D eigenvalue weighted by Gasteiger charge is 2.56. The maximum atomic E-state index is 13.6. The van der Waals surface area contributed by atoms with Gasteiger partial charge in [-0.25, -0.2) is 28.7 Å². The molecule has 0 aliphatic carbocycles. The van der Waals surface area contributed by atoms with Gasteiger partial charge < -0.3 is 31.2 Å². The molecule has 4 aromatic heterocycles. The van der Waals surface area contributed by atoms with Crippen molar-refractivity contribution in [2.45, 2.75) is 88.9 Å². The highest BCUT2D eigenvalue weighted by Crippen LogP contribution is 2.43. The largest absolute Gasteiger partial charge is 0.338 e. The third kappa shape index (κ3) is 6.37. The average molecular weight is 811 g/mol. The molecule has 4 amide bonds. The van der Waals surface area contributed by atoms with Gasteiger partial charge in [-0.3, -0.25) is 9.59 Å². The summed E-state index contributed by atoms with van der Waals surface area (Å²) < 4.78 is 4.18. The summed E-state index contributed by atoms with van der Waals surface area (Å²) in [5.74, 6) is 2.72. The van der Waals surface area contributed by atoms with Crippen molar-refractivity contribution in [3.05, 3.63) is 108 Å². The van der Waals surface area contributed by atoms with Crippen LogP contribution in [0.25, 0.3) is 22.1 Å². The topological polar surface area (TPSA) is 188 Å². The number of nitrogens with zero attached hydrogens (tertiary/aromatic N) is 6. The van der Waals surface area contributed by atoms with Crippen LogP contribution in [0.5, 0.6) is 0 Å². The lowest BCUT2D eigenvalue weighted by atomic mass is 10.0. The number of aromatic amines is 2.